The number of carbonyl (C=O) groups excluding carboxylic acids is 1. The number of anilines is 2. The minimum atomic E-state index is -0.883. The van der Waals surface area contributed by atoms with Crippen molar-refractivity contribution in [3.8, 4) is 5.75 Å². The fourth-order valence-corrected chi connectivity index (χ4v) is 3.64. The smallest absolute Gasteiger partial charge is 0.271 e. The van der Waals surface area contributed by atoms with Crippen molar-refractivity contribution in [1.29, 1.82) is 0 Å². The van der Waals surface area contributed by atoms with Crippen molar-refractivity contribution in [2.24, 2.45) is 0 Å². The molecule has 2 aromatic carbocycles. The molecular weight excluding hydrogens is 362 g/mol. The molecular formula is C21H26ClN3O2. The second-order valence-corrected chi connectivity index (χ2v) is 7.35. The molecule has 2 aliphatic heterocycles. The van der Waals surface area contributed by atoms with Crippen molar-refractivity contribution < 1.29 is 9.53 Å². The molecule has 6 heteroatoms. The van der Waals surface area contributed by atoms with E-state index in [1.165, 1.54) is 0 Å². The maximum absolute atomic E-state index is 13.1. The van der Waals surface area contributed by atoms with Gasteiger partial charge in [-0.25, -0.2) is 0 Å². The molecule has 2 heterocycles. The Morgan fingerprint density at radius 1 is 1.00 bits per heavy atom. The number of carbonyl (C=O) groups is 1. The Bertz CT molecular complexity index is 804. The highest BCUT2D eigenvalue weighted by atomic mass is 35.5. The van der Waals surface area contributed by atoms with Crippen LogP contribution in [0.15, 0.2) is 48.5 Å². The van der Waals surface area contributed by atoms with Gasteiger partial charge in [0.05, 0.1) is 17.9 Å². The lowest BCUT2D eigenvalue weighted by Crippen LogP contribution is -2.52. The fourth-order valence-electron chi connectivity index (χ4n) is 3.64. The summed E-state index contributed by atoms with van der Waals surface area (Å²) >= 11 is 0. The number of rotatable bonds is 3. The third-order valence-corrected chi connectivity index (χ3v) is 5.02. The van der Waals surface area contributed by atoms with Gasteiger partial charge >= 0.3 is 0 Å². The van der Waals surface area contributed by atoms with Crippen LogP contribution in [0.5, 0.6) is 5.75 Å². The van der Waals surface area contributed by atoms with Crippen molar-refractivity contribution in [3.05, 3.63) is 54.1 Å². The Morgan fingerprint density at radius 2 is 1.67 bits per heavy atom. The quantitative estimate of drug-likeness (QED) is 0.878. The van der Waals surface area contributed by atoms with Crippen LogP contribution in [0.25, 0.3) is 0 Å². The molecule has 144 valence electrons. The molecule has 5 nitrogen and oxygen atoms in total. The number of hydrogen-bond acceptors (Lipinski definition) is 4. The van der Waals surface area contributed by atoms with Gasteiger partial charge in [-0.2, -0.15) is 0 Å². The Kier molecular flexibility index (Phi) is 5.63. The molecule has 0 spiro atoms. The fraction of sp³-hybridized carbons (Fsp3) is 0.381. The average Bonchev–Trinajstić information content (AvgIpc) is 2.66. The predicted octanol–water partition coefficient (Wildman–Crippen LogP) is 3.22. The van der Waals surface area contributed by atoms with Crippen LogP contribution >= 0.6 is 12.4 Å². The van der Waals surface area contributed by atoms with E-state index in [0.29, 0.717) is 6.54 Å². The zero-order valence-corrected chi connectivity index (χ0v) is 16.6. The van der Waals surface area contributed by atoms with E-state index in [2.05, 4.69) is 28.4 Å². The normalized spacial score (nSPS) is 18.4. The van der Waals surface area contributed by atoms with Gasteiger partial charge < -0.3 is 19.9 Å². The third kappa shape index (κ3) is 3.75. The number of nitrogens with one attached hydrogen (secondary N) is 1. The van der Waals surface area contributed by atoms with E-state index >= 15 is 0 Å². The minimum absolute atomic E-state index is 0. The second-order valence-electron chi connectivity index (χ2n) is 7.35. The van der Waals surface area contributed by atoms with E-state index in [1.807, 2.05) is 49.1 Å². The van der Waals surface area contributed by atoms with Crippen LogP contribution in [0.3, 0.4) is 0 Å². The Hall–Kier alpha value is -2.24. The number of piperazine rings is 1. The van der Waals surface area contributed by atoms with E-state index in [0.717, 1.165) is 48.9 Å². The molecule has 2 aliphatic rings. The summed E-state index contributed by atoms with van der Waals surface area (Å²) in [5.41, 5.74) is 2.15. The first-order valence-corrected chi connectivity index (χ1v) is 9.20. The molecule has 0 saturated carbocycles. The number of para-hydroxylation sites is 1. The molecule has 4 rings (SSSR count). The van der Waals surface area contributed by atoms with Crippen LogP contribution in [-0.2, 0) is 11.3 Å². The van der Waals surface area contributed by atoms with Crippen LogP contribution in [0.1, 0.15) is 19.4 Å². The number of benzene rings is 2. The van der Waals surface area contributed by atoms with Crippen molar-refractivity contribution in [1.82, 2.24) is 5.32 Å². The maximum Gasteiger partial charge on any atom is 0.271 e. The Balaban J connectivity index is 0.00000210. The topological polar surface area (TPSA) is 44.8 Å². The first-order valence-electron chi connectivity index (χ1n) is 9.20. The highest BCUT2D eigenvalue weighted by Crippen LogP contribution is 2.45. The van der Waals surface area contributed by atoms with Crippen LogP contribution < -0.4 is 19.9 Å². The van der Waals surface area contributed by atoms with Crippen LogP contribution in [0.4, 0.5) is 11.4 Å². The average molecular weight is 388 g/mol. The van der Waals surface area contributed by atoms with Gasteiger partial charge in [-0.1, -0.05) is 36.4 Å². The first kappa shape index (κ1) is 19.5. The summed E-state index contributed by atoms with van der Waals surface area (Å²) in [6.45, 7) is 8.04. The van der Waals surface area contributed by atoms with E-state index in [-0.39, 0.29) is 18.3 Å². The molecule has 0 aromatic heterocycles. The number of hydrogen-bond donors (Lipinski definition) is 1. The van der Waals surface area contributed by atoms with Gasteiger partial charge in [0.1, 0.15) is 0 Å². The van der Waals surface area contributed by atoms with Crippen molar-refractivity contribution >= 4 is 29.7 Å². The third-order valence-electron chi connectivity index (χ3n) is 5.02. The van der Waals surface area contributed by atoms with Gasteiger partial charge in [0.15, 0.2) is 11.4 Å². The summed E-state index contributed by atoms with van der Waals surface area (Å²) < 4.78 is 6.23. The summed E-state index contributed by atoms with van der Waals surface area (Å²) in [6, 6.07) is 16.2. The van der Waals surface area contributed by atoms with Gasteiger partial charge in [0.25, 0.3) is 5.91 Å². The van der Waals surface area contributed by atoms with Gasteiger partial charge in [-0.15, -0.1) is 12.4 Å². The summed E-state index contributed by atoms with van der Waals surface area (Å²) in [7, 11) is 0. The number of amides is 1. The van der Waals surface area contributed by atoms with E-state index in [1.54, 1.807) is 0 Å². The number of nitrogens with zero attached hydrogens (tertiary/aromatic N) is 2. The molecule has 1 N–H and O–H groups in total. The molecule has 0 radical (unpaired) electrons. The predicted molar refractivity (Wildman–Crippen MR) is 111 cm³/mol. The van der Waals surface area contributed by atoms with Gasteiger partial charge in [-0.05, 0) is 31.5 Å². The van der Waals surface area contributed by atoms with Gasteiger partial charge in [0.2, 0.25) is 0 Å². The van der Waals surface area contributed by atoms with Crippen LogP contribution in [-0.4, -0.2) is 37.7 Å². The highest BCUT2D eigenvalue weighted by molar-refractivity contribution is 6.03. The number of fused-ring (bicyclic) bond motifs is 1. The monoisotopic (exact) mass is 387 g/mol. The standard InChI is InChI=1S/C21H25N3O2.ClH/c1-21(2)20(25)24(15-16-7-4-3-5-8-16)18-10-6-9-17(19(18)26-21)23-13-11-22-12-14-23;/h3-10,22H,11-15H2,1-2H3;1H. The van der Waals surface area contributed by atoms with Gasteiger partial charge in [0, 0.05) is 26.2 Å². The largest absolute Gasteiger partial charge is 0.474 e. The molecule has 0 atom stereocenters. The maximum atomic E-state index is 13.1. The van der Waals surface area contributed by atoms with Crippen molar-refractivity contribution in [2.45, 2.75) is 26.0 Å². The minimum Gasteiger partial charge on any atom is -0.474 e. The van der Waals surface area contributed by atoms with Crippen molar-refractivity contribution in [2.75, 3.05) is 36.0 Å². The summed E-state index contributed by atoms with van der Waals surface area (Å²) in [5, 5.41) is 3.38. The highest BCUT2D eigenvalue weighted by Gasteiger charge is 2.42. The lowest BCUT2D eigenvalue weighted by molar-refractivity contribution is -0.132. The summed E-state index contributed by atoms with van der Waals surface area (Å²) in [5.74, 6) is 0.807. The molecule has 27 heavy (non-hydrogen) atoms. The van der Waals surface area contributed by atoms with Crippen LogP contribution in [0, 0.1) is 0 Å². The van der Waals surface area contributed by atoms with Gasteiger partial charge in [-0.3, -0.25) is 4.79 Å². The zero-order chi connectivity index (χ0) is 18.1. The molecule has 0 bridgehead atoms. The molecule has 0 aliphatic carbocycles. The Morgan fingerprint density at radius 3 is 2.37 bits per heavy atom. The molecule has 1 amide bonds. The number of ether oxygens (including phenoxy) is 1. The summed E-state index contributed by atoms with van der Waals surface area (Å²) in [4.78, 5) is 17.3. The van der Waals surface area contributed by atoms with Crippen LogP contribution in [0.2, 0.25) is 0 Å². The second kappa shape index (κ2) is 7.79. The Labute approximate surface area is 166 Å². The van der Waals surface area contributed by atoms with E-state index in [4.69, 9.17) is 4.74 Å². The van der Waals surface area contributed by atoms with E-state index < -0.39 is 5.60 Å². The molecule has 1 saturated heterocycles. The molecule has 1 fully saturated rings. The SMILES string of the molecule is CC1(C)Oc2c(N3CCNCC3)cccc2N(Cc2ccccc2)C1=O.Cl. The summed E-state index contributed by atoms with van der Waals surface area (Å²) in [6.07, 6.45) is 0. The van der Waals surface area contributed by atoms with Crippen molar-refractivity contribution in [3.63, 3.8) is 0 Å². The van der Waals surface area contributed by atoms with E-state index in [9.17, 15) is 4.79 Å². The lowest BCUT2D eigenvalue weighted by atomic mass is 10.0. The lowest BCUT2D eigenvalue weighted by Gasteiger charge is -2.41. The first-order chi connectivity index (χ1) is 12.6. The number of halogens is 1. The zero-order valence-electron chi connectivity index (χ0n) is 15.8. The molecule has 0 unspecified atom stereocenters. The molecule has 2 aromatic rings.